The topological polar surface area (TPSA) is 78.4 Å². The number of phenols is 1. The van der Waals surface area contributed by atoms with Crippen LogP contribution in [0.4, 0.5) is 11.4 Å². The van der Waals surface area contributed by atoms with E-state index in [1.54, 1.807) is 12.1 Å². The van der Waals surface area contributed by atoms with Gasteiger partial charge in [0.2, 0.25) is 0 Å². The number of anilines is 2. The van der Waals surface area contributed by atoms with Crippen molar-refractivity contribution in [1.82, 2.24) is 0 Å². The molecule has 154 valence electrons. The summed E-state index contributed by atoms with van der Waals surface area (Å²) in [4.78, 5) is 26.6. The normalized spacial score (nSPS) is 12.5. The number of hydrogen-bond acceptors (Lipinski definition) is 5. The van der Waals surface area contributed by atoms with Gasteiger partial charge in [-0.25, -0.2) is 0 Å². The Morgan fingerprint density at radius 2 is 1.28 bits per heavy atom. The number of phenolic OH excluding ortho intramolecular Hbond substituents is 1. The number of hydrogen-bond donors (Lipinski definition) is 3. The Kier molecular flexibility index (Phi) is 6.91. The molecule has 0 atom stereocenters. The first-order chi connectivity index (χ1) is 14.1. The molecule has 0 saturated carbocycles. The highest BCUT2D eigenvalue weighted by Gasteiger charge is 2.35. The number of aromatic hydroxyl groups is 1. The molecule has 2 aromatic rings. The molecule has 0 spiro atoms. The van der Waals surface area contributed by atoms with Crippen LogP contribution in [0.2, 0.25) is 0 Å². The Balaban J connectivity index is 2.01. The first-order valence-electron chi connectivity index (χ1n) is 10.7. The van der Waals surface area contributed by atoms with Gasteiger partial charge in [0.1, 0.15) is 5.75 Å². The molecule has 1 aliphatic carbocycles. The molecule has 0 heterocycles. The van der Waals surface area contributed by atoms with Gasteiger partial charge in [-0.3, -0.25) is 9.59 Å². The number of nitrogens with one attached hydrogen (secondary N) is 2. The number of fused-ring (bicyclic) bond motifs is 2. The fourth-order valence-corrected chi connectivity index (χ4v) is 3.79. The average molecular weight is 395 g/mol. The second kappa shape index (κ2) is 9.59. The van der Waals surface area contributed by atoms with Crippen molar-refractivity contribution < 1.29 is 14.7 Å². The molecule has 3 N–H and O–H groups in total. The van der Waals surface area contributed by atoms with Gasteiger partial charge >= 0.3 is 0 Å². The first-order valence-corrected chi connectivity index (χ1v) is 10.7. The minimum Gasteiger partial charge on any atom is -0.507 e. The minimum absolute atomic E-state index is 0.102. The lowest BCUT2D eigenvalue weighted by Crippen LogP contribution is -2.24. The van der Waals surface area contributed by atoms with Crippen molar-refractivity contribution in [3.63, 3.8) is 0 Å². The van der Waals surface area contributed by atoms with Gasteiger partial charge in [0.15, 0.2) is 11.6 Å². The summed E-state index contributed by atoms with van der Waals surface area (Å²) >= 11 is 0. The molecule has 0 aliphatic heterocycles. The standard InChI is InChI=1S/C24H30N2O3/c1-3-5-7-14-25-17-12-13-18(26-15-8-6-4-2)22-21(17)23(28)16-10-9-11-19(27)20(16)24(22)29/h9-13,25-27H,3-8,14-15H2,1-2H3. The van der Waals surface area contributed by atoms with Gasteiger partial charge in [-0.2, -0.15) is 0 Å². The van der Waals surface area contributed by atoms with E-state index in [2.05, 4.69) is 24.5 Å². The first kappa shape index (κ1) is 20.9. The van der Waals surface area contributed by atoms with E-state index in [1.165, 1.54) is 6.07 Å². The molecule has 3 rings (SSSR count). The maximum atomic E-state index is 13.3. The van der Waals surface area contributed by atoms with Crippen LogP contribution in [0.25, 0.3) is 0 Å². The van der Waals surface area contributed by atoms with Gasteiger partial charge in [-0.15, -0.1) is 0 Å². The van der Waals surface area contributed by atoms with E-state index in [-0.39, 0.29) is 28.4 Å². The summed E-state index contributed by atoms with van der Waals surface area (Å²) in [6.07, 6.45) is 6.43. The van der Waals surface area contributed by atoms with E-state index >= 15 is 0 Å². The van der Waals surface area contributed by atoms with E-state index in [0.29, 0.717) is 22.5 Å². The third kappa shape index (κ3) is 4.29. The van der Waals surface area contributed by atoms with Crippen molar-refractivity contribution in [1.29, 1.82) is 0 Å². The van der Waals surface area contributed by atoms with Crippen LogP contribution in [0.1, 0.15) is 84.2 Å². The maximum absolute atomic E-state index is 13.3. The van der Waals surface area contributed by atoms with Crippen LogP contribution in [-0.2, 0) is 0 Å². The highest BCUT2D eigenvalue weighted by Crippen LogP contribution is 2.39. The van der Waals surface area contributed by atoms with Crippen LogP contribution >= 0.6 is 0 Å². The highest BCUT2D eigenvalue weighted by atomic mass is 16.3. The van der Waals surface area contributed by atoms with Crippen LogP contribution in [0, 0.1) is 0 Å². The summed E-state index contributed by atoms with van der Waals surface area (Å²) in [6.45, 7) is 5.77. The highest BCUT2D eigenvalue weighted by molar-refractivity contribution is 6.32. The molecule has 5 nitrogen and oxygen atoms in total. The maximum Gasteiger partial charge on any atom is 0.200 e. The van der Waals surface area contributed by atoms with Crippen molar-refractivity contribution in [3.8, 4) is 5.75 Å². The largest absolute Gasteiger partial charge is 0.507 e. The Labute approximate surface area is 172 Å². The smallest absolute Gasteiger partial charge is 0.200 e. The monoisotopic (exact) mass is 394 g/mol. The molecule has 0 saturated heterocycles. The van der Waals surface area contributed by atoms with Crippen molar-refractivity contribution >= 4 is 22.9 Å². The van der Waals surface area contributed by atoms with E-state index in [1.807, 2.05) is 12.1 Å². The van der Waals surface area contributed by atoms with Crippen molar-refractivity contribution in [2.75, 3.05) is 23.7 Å². The van der Waals surface area contributed by atoms with Gasteiger partial charge < -0.3 is 15.7 Å². The van der Waals surface area contributed by atoms with E-state index < -0.39 is 0 Å². The molecule has 0 fully saturated rings. The lowest BCUT2D eigenvalue weighted by molar-refractivity contribution is 0.0977. The Morgan fingerprint density at radius 3 is 1.83 bits per heavy atom. The SMILES string of the molecule is CCCCCNc1ccc(NCCCCC)c2c1C(=O)c1cccc(O)c1C2=O. The van der Waals surface area contributed by atoms with Crippen molar-refractivity contribution in [2.24, 2.45) is 0 Å². The number of ketones is 2. The van der Waals surface area contributed by atoms with E-state index in [4.69, 9.17) is 0 Å². The minimum atomic E-state index is -0.303. The quantitative estimate of drug-likeness (QED) is 0.403. The van der Waals surface area contributed by atoms with Gasteiger partial charge in [0, 0.05) is 30.0 Å². The molecule has 0 amide bonds. The van der Waals surface area contributed by atoms with Crippen LogP contribution < -0.4 is 10.6 Å². The third-order valence-electron chi connectivity index (χ3n) is 5.37. The van der Waals surface area contributed by atoms with Gasteiger partial charge in [0.25, 0.3) is 0 Å². The summed E-state index contributed by atoms with van der Waals surface area (Å²) in [5, 5.41) is 16.9. The fourth-order valence-electron chi connectivity index (χ4n) is 3.79. The average Bonchev–Trinajstić information content (AvgIpc) is 2.72. The molecule has 0 bridgehead atoms. The Morgan fingerprint density at radius 1 is 0.724 bits per heavy atom. The van der Waals surface area contributed by atoms with E-state index in [0.717, 1.165) is 51.6 Å². The van der Waals surface area contributed by atoms with Gasteiger partial charge in [-0.1, -0.05) is 51.7 Å². The molecule has 29 heavy (non-hydrogen) atoms. The number of carbonyl (C=O) groups is 2. The molecule has 2 aromatic carbocycles. The summed E-state index contributed by atoms with van der Waals surface area (Å²) in [5.41, 5.74) is 2.48. The van der Waals surface area contributed by atoms with Crippen LogP contribution in [0.15, 0.2) is 30.3 Å². The molecule has 0 aromatic heterocycles. The molecule has 1 aliphatic rings. The lowest BCUT2D eigenvalue weighted by atomic mass is 9.81. The predicted octanol–water partition coefficient (Wildman–Crippen LogP) is 5.37. The second-order valence-corrected chi connectivity index (χ2v) is 7.54. The number of carbonyl (C=O) groups excluding carboxylic acids is 2. The summed E-state index contributed by atoms with van der Waals surface area (Å²) in [6, 6.07) is 8.41. The van der Waals surface area contributed by atoms with Crippen LogP contribution in [0.5, 0.6) is 5.75 Å². The number of rotatable bonds is 10. The second-order valence-electron chi connectivity index (χ2n) is 7.54. The zero-order valence-electron chi connectivity index (χ0n) is 17.3. The predicted molar refractivity (Wildman–Crippen MR) is 117 cm³/mol. The zero-order chi connectivity index (χ0) is 20.8. The van der Waals surface area contributed by atoms with Gasteiger partial charge in [0.05, 0.1) is 16.7 Å². The fraction of sp³-hybridized carbons (Fsp3) is 0.417. The summed E-state index contributed by atoms with van der Waals surface area (Å²) in [5.74, 6) is -0.673. The summed E-state index contributed by atoms with van der Waals surface area (Å²) in [7, 11) is 0. The Hall–Kier alpha value is -2.82. The third-order valence-corrected chi connectivity index (χ3v) is 5.37. The van der Waals surface area contributed by atoms with E-state index in [9.17, 15) is 14.7 Å². The summed E-state index contributed by atoms with van der Waals surface area (Å²) < 4.78 is 0. The van der Waals surface area contributed by atoms with Crippen LogP contribution in [0.3, 0.4) is 0 Å². The van der Waals surface area contributed by atoms with Gasteiger partial charge in [-0.05, 0) is 31.0 Å². The molecular formula is C24H30N2O3. The molecular weight excluding hydrogens is 364 g/mol. The van der Waals surface area contributed by atoms with Crippen molar-refractivity contribution in [2.45, 2.75) is 52.4 Å². The number of unbranched alkanes of at least 4 members (excludes halogenated alkanes) is 4. The number of benzene rings is 2. The lowest BCUT2D eigenvalue weighted by Gasteiger charge is -2.24. The Bertz CT molecular complexity index is 905. The zero-order valence-corrected chi connectivity index (χ0v) is 17.3. The molecule has 0 radical (unpaired) electrons. The molecule has 5 heteroatoms. The van der Waals surface area contributed by atoms with Crippen LogP contribution in [-0.4, -0.2) is 29.8 Å². The molecule has 0 unspecified atom stereocenters. The van der Waals surface area contributed by atoms with Crippen molar-refractivity contribution in [3.05, 3.63) is 52.6 Å².